The zero-order valence-electron chi connectivity index (χ0n) is 17.4. The number of pyridine rings is 1. The lowest BCUT2D eigenvalue weighted by molar-refractivity contribution is 0.0509. The number of nitrogens with zero attached hydrogens (tertiary/aromatic N) is 2. The third-order valence-corrected chi connectivity index (χ3v) is 4.55. The molecule has 3 rings (SSSR count). The predicted octanol–water partition coefficient (Wildman–Crippen LogP) is 3.75. The molecule has 0 spiro atoms. The van der Waals surface area contributed by atoms with Crippen LogP contribution in [0.1, 0.15) is 43.1 Å². The molecule has 2 heterocycles. The molecule has 1 fully saturated rings. The van der Waals surface area contributed by atoms with Crippen molar-refractivity contribution in [3.05, 3.63) is 53.7 Å². The molecule has 1 aliphatic heterocycles. The molecule has 2 aromatic rings. The largest absolute Gasteiger partial charge is 0.444 e. The van der Waals surface area contributed by atoms with Crippen LogP contribution in [0.25, 0.3) is 0 Å². The molecule has 7 heteroatoms. The summed E-state index contributed by atoms with van der Waals surface area (Å²) < 4.78 is 5.31. The maximum Gasteiger partial charge on any atom is 0.407 e. The molecule has 0 aliphatic carbocycles. The number of nitrogens with one attached hydrogen (secondary N) is 2. The Morgan fingerprint density at radius 1 is 1.14 bits per heavy atom. The van der Waals surface area contributed by atoms with Crippen LogP contribution < -0.4 is 15.5 Å². The van der Waals surface area contributed by atoms with Crippen molar-refractivity contribution >= 4 is 23.5 Å². The molecule has 1 atom stereocenters. The minimum absolute atomic E-state index is 0.0103. The molecular weight excluding hydrogens is 368 g/mol. The van der Waals surface area contributed by atoms with E-state index in [1.165, 1.54) is 0 Å². The fraction of sp³-hybridized carbons (Fsp3) is 0.409. The van der Waals surface area contributed by atoms with Gasteiger partial charge < -0.3 is 20.3 Å². The van der Waals surface area contributed by atoms with Crippen LogP contribution in [0.4, 0.5) is 16.3 Å². The number of amides is 2. The van der Waals surface area contributed by atoms with Crippen LogP contribution in [0.2, 0.25) is 0 Å². The molecular formula is C22H28N4O3. The zero-order chi connectivity index (χ0) is 21.0. The second-order valence-electron chi connectivity index (χ2n) is 8.30. The number of ether oxygens (including phenoxy) is 1. The van der Waals surface area contributed by atoms with E-state index in [2.05, 4.69) is 20.5 Å². The number of aryl methyl sites for hydroxylation is 1. The Kier molecular flexibility index (Phi) is 6.06. The van der Waals surface area contributed by atoms with E-state index in [4.69, 9.17) is 4.74 Å². The number of carbonyl (C=O) groups is 2. The van der Waals surface area contributed by atoms with E-state index < -0.39 is 11.7 Å². The predicted molar refractivity (Wildman–Crippen MR) is 113 cm³/mol. The van der Waals surface area contributed by atoms with Gasteiger partial charge in [0, 0.05) is 25.0 Å². The average molecular weight is 396 g/mol. The summed E-state index contributed by atoms with van der Waals surface area (Å²) >= 11 is 0. The molecule has 1 saturated heterocycles. The van der Waals surface area contributed by atoms with Crippen LogP contribution in [0.5, 0.6) is 0 Å². The lowest BCUT2D eigenvalue weighted by Gasteiger charge is -2.22. The highest BCUT2D eigenvalue weighted by Gasteiger charge is 2.27. The van der Waals surface area contributed by atoms with Gasteiger partial charge >= 0.3 is 6.09 Å². The summed E-state index contributed by atoms with van der Waals surface area (Å²) in [4.78, 5) is 30.8. The monoisotopic (exact) mass is 396 g/mol. The van der Waals surface area contributed by atoms with Gasteiger partial charge in [0.15, 0.2) is 0 Å². The van der Waals surface area contributed by atoms with Gasteiger partial charge in [-0.25, -0.2) is 9.78 Å². The van der Waals surface area contributed by atoms with Crippen LogP contribution in [-0.2, 0) is 4.74 Å². The van der Waals surface area contributed by atoms with Gasteiger partial charge in [-0.1, -0.05) is 17.7 Å². The number of hydrogen-bond donors (Lipinski definition) is 2. The van der Waals surface area contributed by atoms with Crippen molar-refractivity contribution < 1.29 is 14.3 Å². The van der Waals surface area contributed by atoms with Gasteiger partial charge in [0.05, 0.1) is 11.6 Å². The summed E-state index contributed by atoms with van der Waals surface area (Å²) in [5.74, 6) is 0.587. The van der Waals surface area contributed by atoms with Crippen molar-refractivity contribution in [3.8, 4) is 0 Å². The van der Waals surface area contributed by atoms with Crippen molar-refractivity contribution in [2.24, 2.45) is 0 Å². The number of benzene rings is 1. The minimum Gasteiger partial charge on any atom is -0.444 e. The van der Waals surface area contributed by atoms with Gasteiger partial charge in [0.2, 0.25) is 0 Å². The van der Waals surface area contributed by atoms with Crippen molar-refractivity contribution in [1.29, 1.82) is 0 Å². The van der Waals surface area contributed by atoms with Crippen molar-refractivity contribution in [2.75, 3.05) is 23.3 Å². The topological polar surface area (TPSA) is 83.6 Å². The Morgan fingerprint density at radius 2 is 1.86 bits per heavy atom. The SMILES string of the molecule is Cc1ccc(NC(=O)c2ccc(N3CC[C@@H](NC(=O)OC(C)(C)C)C3)nc2)cc1. The number of aromatic nitrogens is 1. The van der Waals surface area contributed by atoms with E-state index in [0.29, 0.717) is 12.1 Å². The van der Waals surface area contributed by atoms with Gasteiger partial charge in [-0.15, -0.1) is 0 Å². The Bertz CT molecular complexity index is 857. The van der Waals surface area contributed by atoms with Crippen LogP contribution in [0, 0.1) is 6.92 Å². The molecule has 1 aromatic heterocycles. The summed E-state index contributed by atoms with van der Waals surface area (Å²) in [5.41, 5.74) is 1.87. The second kappa shape index (κ2) is 8.51. The zero-order valence-corrected chi connectivity index (χ0v) is 17.4. The molecule has 0 unspecified atom stereocenters. The summed E-state index contributed by atoms with van der Waals surface area (Å²) in [7, 11) is 0. The highest BCUT2D eigenvalue weighted by atomic mass is 16.6. The quantitative estimate of drug-likeness (QED) is 0.822. The second-order valence-corrected chi connectivity index (χ2v) is 8.30. The van der Waals surface area contributed by atoms with E-state index in [1.54, 1.807) is 12.3 Å². The van der Waals surface area contributed by atoms with Crippen LogP contribution in [0.3, 0.4) is 0 Å². The lowest BCUT2D eigenvalue weighted by Crippen LogP contribution is -2.40. The molecule has 0 radical (unpaired) electrons. The summed E-state index contributed by atoms with van der Waals surface area (Å²) in [6.45, 7) is 8.96. The van der Waals surface area contributed by atoms with E-state index >= 15 is 0 Å². The fourth-order valence-corrected chi connectivity index (χ4v) is 3.11. The third kappa shape index (κ3) is 5.94. The molecule has 154 valence electrons. The van der Waals surface area contributed by atoms with E-state index in [-0.39, 0.29) is 11.9 Å². The Labute approximate surface area is 171 Å². The average Bonchev–Trinajstić information content (AvgIpc) is 3.10. The van der Waals surface area contributed by atoms with Gasteiger partial charge in [0.1, 0.15) is 11.4 Å². The van der Waals surface area contributed by atoms with Gasteiger partial charge in [-0.2, -0.15) is 0 Å². The molecule has 0 saturated carbocycles. The standard InChI is InChI=1S/C22H28N4O3/c1-15-5-8-17(9-6-15)24-20(27)16-7-10-19(23-13-16)26-12-11-18(14-26)25-21(28)29-22(2,3)4/h5-10,13,18H,11-12,14H2,1-4H3,(H,24,27)(H,25,28)/t18-/m1/s1. The van der Waals surface area contributed by atoms with Gasteiger partial charge in [-0.05, 0) is 58.4 Å². The van der Waals surface area contributed by atoms with Crippen LogP contribution in [0.15, 0.2) is 42.6 Å². The van der Waals surface area contributed by atoms with Crippen molar-refractivity contribution in [1.82, 2.24) is 10.3 Å². The van der Waals surface area contributed by atoms with Gasteiger partial charge in [0.25, 0.3) is 5.91 Å². The normalized spacial score (nSPS) is 16.4. The third-order valence-electron chi connectivity index (χ3n) is 4.55. The van der Waals surface area contributed by atoms with E-state index in [1.807, 2.05) is 58.0 Å². The molecule has 1 aliphatic rings. The minimum atomic E-state index is -0.515. The highest BCUT2D eigenvalue weighted by molar-refractivity contribution is 6.04. The van der Waals surface area contributed by atoms with Gasteiger partial charge in [-0.3, -0.25) is 4.79 Å². The maximum absolute atomic E-state index is 12.4. The van der Waals surface area contributed by atoms with Crippen LogP contribution in [-0.4, -0.2) is 41.7 Å². The number of hydrogen-bond acceptors (Lipinski definition) is 5. The molecule has 2 amide bonds. The fourth-order valence-electron chi connectivity index (χ4n) is 3.11. The summed E-state index contributed by atoms with van der Waals surface area (Å²) in [6.07, 6.45) is 1.99. The lowest BCUT2D eigenvalue weighted by atomic mass is 10.2. The number of alkyl carbamates (subject to hydrolysis) is 1. The van der Waals surface area contributed by atoms with Crippen LogP contribution >= 0.6 is 0 Å². The van der Waals surface area contributed by atoms with Crippen molar-refractivity contribution in [3.63, 3.8) is 0 Å². The highest BCUT2D eigenvalue weighted by Crippen LogP contribution is 2.19. The Balaban J connectivity index is 1.54. The molecule has 7 nitrogen and oxygen atoms in total. The first-order valence-electron chi connectivity index (χ1n) is 9.78. The first-order valence-corrected chi connectivity index (χ1v) is 9.78. The first kappa shape index (κ1) is 20.6. The van der Waals surface area contributed by atoms with Crippen molar-refractivity contribution in [2.45, 2.75) is 45.8 Å². The number of rotatable bonds is 4. The van der Waals surface area contributed by atoms with E-state index in [9.17, 15) is 9.59 Å². The first-order chi connectivity index (χ1) is 13.7. The maximum atomic E-state index is 12.4. The molecule has 2 N–H and O–H groups in total. The molecule has 0 bridgehead atoms. The Morgan fingerprint density at radius 3 is 2.48 bits per heavy atom. The molecule has 29 heavy (non-hydrogen) atoms. The smallest absolute Gasteiger partial charge is 0.407 e. The summed E-state index contributed by atoms with van der Waals surface area (Å²) in [5, 5.41) is 5.77. The van der Waals surface area contributed by atoms with E-state index in [0.717, 1.165) is 30.0 Å². The number of anilines is 2. The molecule has 1 aromatic carbocycles. The summed E-state index contributed by atoms with van der Waals surface area (Å²) in [6, 6.07) is 11.3. The number of carbonyl (C=O) groups excluding carboxylic acids is 2. The Hall–Kier alpha value is -3.09.